The second kappa shape index (κ2) is 9.78. The van der Waals surface area contributed by atoms with Gasteiger partial charge in [-0.3, -0.25) is 9.59 Å². The van der Waals surface area contributed by atoms with Crippen molar-refractivity contribution in [2.45, 2.75) is 32.1 Å². The van der Waals surface area contributed by atoms with Crippen molar-refractivity contribution in [1.29, 1.82) is 0 Å². The predicted molar refractivity (Wildman–Crippen MR) is 108 cm³/mol. The molecule has 3 rings (SSSR count). The topological polar surface area (TPSA) is 76.7 Å². The van der Waals surface area contributed by atoms with Crippen molar-refractivity contribution >= 4 is 17.5 Å². The molecular weight excluding hydrogens is 356 g/mol. The number of methoxy groups -OCH3 is 1. The molecule has 2 amide bonds. The van der Waals surface area contributed by atoms with Crippen LogP contribution in [0, 0.1) is 0 Å². The molecule has 28 heavy (non-hydrogen) atoms. The molecule has 2 aromatic rings. The summed E-state index contributed by atoms with van der Waals surface area (Å²) in [7, 11) is 1.64. The van der Waals surface area contributed by atoms with E-state index in [2.05, 4.69) is 10.6 Å². The van der Waals surface area contributed by atoms with E-state index in [4.69, 9.17) is 9.47 Å². The summed E-state index contributed by atoms with van der Waals surface area (Å²) in [6.07, 6.45) is 3.12. The Bertz CT molecular complexity index is 818. The van der Waals surface area contributed by atoms with Gasteiger partial charge in [0.15, 0.2) is 0 Å². The van der Waals surface area contributed by atoms with Gasteiger partial charge in [-0.1, -0.05) is 12.1 Å². The lowest BCUT2D eigenvalue weighted by atomic mass is 10.0. The first-order valence-electron chi connectivity index (χ1n) is 9.59. The molecule has 0 fully saturated rings. The zero-order valence-electron chi connectivity index (χ0n) is 16.1. The average molecular weight is 382 g/mol. The Balaban J connectivity index is 1.31. The number of hydrogen-bond donors (Lipinski definition) is 2. The molecule has 0 radical (unpaired) electrons. The molecule has 2 aromatic carbocycles. The number of aryl methyl sites for hydroxylation is 1. The fraction of sp³-hybridized carbons (Fsp3) is 0.364. The van der Waals surface area contributed by atoms with Crippen LogP contribution in [0.2, 0.25) is 0 Å². The normalized spacial score (nSPS) is 12.7. The molecular formula is C22H26N2O4. The fourth-order valence-corrected chi connectivity index (χ4v) is 3.10. The highest BCUT2D eigenvalue weighted by molar-refractivity contribution is 5.94. The number of benzene rings is 2. The number of anilines is 1. The van der Waals surface area contributed by atoms with E-state index in [0.717, 1.165) is 41.2 Å². The molecule has 1 aliphatic rings. The molecule has 1 aliphatic heterocycles. The standard InChI is InChI=1S/C22H26N2O4/c1-27-18-7-4-16(5-8-18)12-13-23-21(25)3-2-14-28-19-9-10-20-17(15-19)6-11-22(26)24-20/h4-5,7-10,15H,2-3,6,11-14H2,1H3,(H,23,25)(H,24,26). The van der Waals surface area contributed by atoms with Crippen molar-refractivity contribution in [3.05, 3.63) is 53.6 Å². The highest BCUT2D eigenvalue weighted by Crippen LogP contribution is 2.26. The van der Waals surface area contributed by atoms with Gasteiger partial charge >= 0.3 is 0 Å². The Morgan fingerprint density at radius 1 is 1.11 bits per heavy atom. The summed E-state index contributed by atoms with van der Waals surface area (Å²) in [5.41, 5.74) is 3.11. The zero-order valence-corrected chi connectivity index (χ0v) is 16.1. The summed E-state index contributed by atoms with van der Waals surface area (Å²) < 4.78 is 10.9. The number of ether oxygens (including phenoxy) is 2. The molecule has 0 bridgehead atoms. The van der Waals surface area contributed by atoms with Crippen molar-refractivity contribution < 1.29 is 19.1 Å². The number of amides is 2. The van der Waals surface area contributed by atoms with Crippen LogP contribution in [0.15, 0.2) is 42.5 Å². The van der Waals surface area contributed by atoms with Crippen molar-refractivity contribution in [2.24, 2.45) is 0 Å². The first-order valence-corrected chi connectivity index (χ1v) is 9.59. The van der Waals surface area contributed by atoms with Crippen LogP contribution in [-0.4, -0.2) is 32.1 Å². The first-order chi connectivity index (χ1) is 13.6. The van der Waals surface area contributed by atoms with Crippen LogP contribution in [0.25, 0.3) is 0 Å². The van der Waals surface area contributed by atoms with Gasteiger partial charge in [0.2, 0.25) is 11.8 Å². The van der Waals surface area contributed by atoms with Gasteiger partial charge in [-0.15, -0.1) is 0 Å². The molecule has 0 saturated carbocycles. The van der Waals surface area contributed by atoms with Gasteiger partial charge in [0.1, 0.15) is 11.5 Å². The lowest BCUT2D eigenvalue weighted by molar-refractivity contribution is -0.121. The molecule has 0 aromatic heterocycles. The van der Waals surface area contributed by atoms with E-state index in [9.17, 15) is 9.59 Å². The van der Waals surface area contributed by atoms with E-state index >= 15 is 0 Å². The predicted octanol–water partition coefficient (Wildman–Crippen LogP) is 3.10. The highest BCUT2D eigenvalue weighted by atomic mass is 16.5. The molecule has 148 valence electrons. The maximum Gasteiger partial charge on any atom is 0.224 e. The van der Waals surface area contributed by atoms with Crippen molar-refractivity contribution in [3.8, 4) is 11.5 Å². The van der Waals surface area contributed by atoms with E-state index < -0.39 is 0 Å². The quantitative estimate of drug-likeness (QED) is 0.654. The smallest absolute Gasteiger partial charge is 0.224 e. The molecule has 1 heterocycles. The van der Waals surface area contributed by atoms with Crippen LogP contribution in [0.5, 0.6) is 11.5 Å². The van der Waals surface area contributed by atoms with Crippen molar-refractivity contribution in [1.82, 2.24) is 5.32 Å². The number of carbonyl (C=O) groups is 2. The van der Waals surface area contributed by atoms with Crippen LogP contribution in [0.4, 0.5) is 5.69 Å². The summed E-state index contributed by atoms with van der Waals surface area (Å²) in [6, 6.07) is 13.5. The molecule has 6 heteroatoms. The molecule has 0 unspecified atom stereocenters. The maximum atomic E-state index is 11.9. The SMILES string of the molecule is COc1ccc(CCNC(=O)CCCOc2ccc3c(c2)CCC(=O)N3)cc1. The summed E-state index contributed by atoms with van der Waals surface area (Å²) in [6.45, 7) is 1.10. The summed E-state index contributed by atoms with van der Waals surface area (Å²) in [5.74, 6) is 1.69. The maximum absolute atomic E-state index is 11.9. The van der Waals surface area contributed by atoms with Crippen LogP contribution >= 0.6 is 0 Å². The van der Waals surface area contributed by atoms with E-state index in [1.54, 1.807) is 7.11 Å². The average Bonchev–Trinajstić information content (AvgIpc) is 2.71. The monoisotopic (exact) mass is 382 g/mol. The minimum absolute atomic E-state index is 0.0327. The van der Waals surface area contributed by atoms with Gasteiger partial charge in [0, 0.05) is 25.1 Å². The summed E-state index contributed by atoms with van der Waals surface area (Å²) in [4.78, 5) is 23.3. The lowest BCUT2D eigenvalue weighted by Crippen LogP contribution is -2.25. The largest absolute Gasteiger partial charge is 0.497 e. The minimum atomic E-state index is 0.0327. The van der Waals surface area contributed by atoms with Gasteiger partial charge in [0.25, 0.3) is 0 Å². The van der Waals surface area contributed by atoms with Gasteiger partial charge in [-0.2, -0.15) is 0 Å². The fourth-order valence-electron chi connectivity index (χ4n) is 3.10. The molecule has 0 atom stereocenters. The van der Waals surface area contributed by atoms with Crippen LogP contribution < -0.4 is 20.1 Å². The molecule has 6 nitrogen and oxygen atoms in total. The second-order valence-corrected chi connectivity index (χ2v) is 6.77. The number of carbonyl (C=O) groups excluding carboxylic acids is 2. The Morgan fingerprint density at radius 2 is 1.89 bits per heavy atom. The third-order valence-corrected chi connectivity index (χ3v) is 4.68. The second-order valence-electron chi connectivity index (χ2n) is 6.77. The lowest BCUT2D eigenvalue weighted by Gasteiger charge is -2.17. The van der Waals surface area contributed by atoms with E-state index in [0.29, 0.717) is 32.4 Å². The number of fused-ring (bicyclic) bond motifs is 1. The first kappa shape index (κ1) is 19.7. The van der Waals surface area contributed by atoms with Crippen molar-refractivity contribution in [3.63, 3.8) is 0 Å². The van der Waals surface area contributed by atoms with E-state index in [1.807, 2.05) is 42.5 Å². The van der Waals surface area contributed by atoms with E-state index in [1.165, 1.54) is 0 Å². The van der Waals surface area contributed by atoms with Crippen LogP contribution in [0.3, 0.4) is 0 Å². The number of rotatable bonds is 9. The Kier molecular flexibility index (Phi) is 6.89. The summed E-state index contributed by atoms with van der Waals surface area (Å²) >= 11 is 0. The van der Waals surface area contributed by atoms with E-state index in [-0.39, 0.29) is 11.8 Å². The highest BCUT2D eigenvalue weighted by Gasteiger charge is 2.15. The molecule has 0 aliphatic carbocycles. The number of hydrogen-bond acceptors (Lipinski definition) is 4. The van der Waals surface area contributed by atoms with Gasteiger partial charge in [-0.05, 0) is 60.7 Å². The van der Waals surface area contributed by atoms with Gasteiger partial charge < -0.3 is 20.1 Å². The molecule has 0 spiro atoms. The third kappa shape index (κ3) is 5.74. The van der Waals surface area contributed by atoms with Crippen LogP contribution in [-0.2, 0) is 22.4 Å². The zero-order chi connectivity index (χ0) is 19.8. The Morgan fingerprint density at radius 3 is 2.68 bits per heavy atom. The van der Waals surface area contributed by atoms with Gasteiger partial charge in [-0.25, -0.2) is 0 Å². The molecule has 0 saturated heterocycles. The Hall–Kier alpha value is -3.02. The minimum Gasteiger partial charge on any atom is -0.497 e. The number of nitrogens with one attached hydrogen (secondary N) is 2. The van der Waals surface area contributed by atoms with Crippen LogP contribution in [0.1, 0.15) is 30.4 Å². The summed E-state index contributed by atoms with van der Waals surface area (Å²) in [5, 5.41) is 5.79. The van der Waals surface area contributed by atoms with Crippen molar-refractivity contribution in [2.75, 3.05) is 25.6 Å². The molecule has 2 N–H and O–H groups in total. The third-order valence-electron chi connectivity index (χ3n) is 4.68. The van der Waals surface area contributed by atoms with Gasteiger partial charge in [0.05, 0.1) is 13.7 Å². The Labute approximate surface area is 165 Å².